The van der Waals surface area contributed by atoms with E-state index in [1.54, 1.807) is 17.2 Å². The quantitative estimate of drug-likeness (QED) is 0.653. The Kier molecular flexibility index (Phi) is 5.67. The van der Waals surface area contributed by atoms with Gasteiger partial charge in [-0.2, -0.15) is 0 Å². The molecule has 0 spiro atoms. The lowest BCUT2D eigenvalue weighted by Crippen LogP contribution is -2.32. The second-order valence-electron chi connectivity index (χ2n) is 5.16. The monoisotopic (exact) mass is 391 g/mol. The van der Waals surface area contributed by atoms with Crippen LogP contribution < -0.4 is 4.90 Å². The fourth-order valence-corrected chi connectivity index (χ4v) is 3.94. The first-order valence-corrected chi connectivity index (χ1v) is 9.61. The Morgan fingerprint density at radius 2 is 2.08 bits per heavy atom. The van der Waals surface area contributed by atoms with Crippen LogP contribution in [0.25, 0.3) is 10.2 Å². The highest BCUT2D eigenvalue weighted by Gasteiger charge is 2.21. The first-order valence-electron chi connectivity index (χ1n) is 7.43. The zero-order chi connectivity index (χ0) is 17.8. The van der Waals surface area contributed by atoms with Gasteiger partial charge in [-0.15, -0.1) is 0 Å². The van der Waals surface area contributed by atoms with Crippen LogP contribution in [-0.2, 0) is 16.1 Å². The summed E-state index contributed by atoms with van der Waals surface area (Å²) in [6, 6.07) is 11.1. The lowest BCUT2D eigenvalue weighted by atomic mass is 10.3. The highest BCUT2D eigenvalue weighted by Crippen LogP contribution is 2.33. The molecular weight excluding hydrogens is 378 g/mol. The molecule has 0 bridgehead atoms. The van der Waals surface area contributed by atoms with Crippen molar-refractivity contribution in [3.63, 3.8) is 0 Å². The highest BCUT2D eigenvalue weighted by molar-refractivity contribution is 8.14. The van der Waals surface area contributed by atoms with Crippen molar-refractivity contribution >= 4 is 61.1 Å². The first kappa shape index (κ1) is 17.8. The third kappa shape index (κ3) is 4.36. The average molecular weight is 392 g/mol. The molecular formula is C17H14ClN3O2S2. The van der Waals surface area contributed by atoms with Crippen LogP contribution in [0.15, 0.2) is 42.6 Å². The van der Waals surface area contributed by atoms with Gasteiger partial charge in [-0.1, -0.05) is 46.8 Å². The summed E-state index contributed by atoms with van der Waals surface area (Å²) < 4.78 is 0.903. The van der Waals surface area contributed by atoms with Crippen LogP contribution in [0.2, 0.25) is 5.02 Å². The minimum absolute atomic E-state index is 0.0613. The number of carbonyl (C=O) groups is 2. The maximum Gasteiger partial charge on any atom is 0.239 e. The summed E-state index contributed by atoms with van der Waals surface area (Å²) in [5.74, 6) is -0.132. The number of rotatable bonds is 5. The van der Waals surface area contributed by atoms with E-state index < -0.39 is 0 Å². The number of pyridine rings is 1. The van der Waals surface area contributed by atoms with Gasteiger partial charge in [0.05, 0.1) is 27.7 Å². The van der Waals surface area contributed by atoms with Gasteiger partial charge in [0.1, 0.15) is 5.52 Å². The predicted molar refractivity (Wildman–Crippen MR) is 103 cm³/mol. The van der Waals surface area contributed by atoms with Crippen LogP contribution in [-0.4, -0.2) is 26.7 Å². The molecule has 0 radical (unpaired) electrons. The summed E-state index contributed by atoms with van der Waals surface area (Å²) in [6.07, 6.45) is 1.68. The van der Waals surface area contributed by atoms with E-state index in [0.717, 1.165) is 22.2 Å². The number of thiazole rings is 1. The van der Waals surface area contributed by atoms with Gasteiger partial charge in [-0.3, -0.25) is 19.5 Å². The molecule has 3 rings (SSSR count). The molecule has 5 nitrogen and oxygen atoms in total. The number of hydrogen-bond donors (Lipinski definition) is 0. The Morgan fingerprint density at radius 1 is 1.24 bits per heavy atom. The van der Waals surface area contributed by atoms with Crippen molar-refractivity contribution in [1.82, 2.24) is 9.97 Å². The minimum Gasteiger partial charge on any atom is -0.288 e. The summed E-state index contributed by atoms with van der Waals surface area (Å²) in [6.45, 7) is 1.73. The van der Waals surface area contributed by atoms with E-state index in [1.165, 1.54) is 18.3 Å². The summed E-state index contributed by atoms with van der Waals surface area (Å²) in [5.41, 5.74) is 1.41. The number of hydrogen-bond acceptors (Lipinski definition) is 6. The van der Waals surface area contributed by atoms with Gasteiger partial charge >= 0.3 is 0 Å². The smallest absolute Gasteiger partial charge is 0.239 e. The van der Waals surface area contributed by atoms with Crippen molar-refractivity contribution in [2.75, 3.05) is 10.7 Å². The standard InChI is InChI=1S/C17H14ClN3O2S2/c1-11(22)24-10-15(23)21(9-12-5-2-3-8-19-12)17-20-16-13(18)6-4-7-14(16)25-17/h2-8H,9-10H2,1H3. The molecule has 0 saturated heterocycles. The Balaban J connectivity index is 1.95. The van der Waals surface area contributed by atoms with E-state index in [9.17, 15) is 9.59 Å². The van der Waals surface area contributed by atoms with Crippen LogP contribution in [0.1, 0.15) is 12.6 Å². The van der Waals surface area contributed by atoms with Crippen molar-refractivity contribution in [3.8, 4) is 0 Å². The molecule has 0 N–H and O–H groups in total. The SMILES string of the molecule is CC(=O)SCC(=O)N(Cc1ccccn1)c1nc2c(Cl)cccc2s1. The molecule has 0 saturated carbocycles. The van der Waals surface area contributed by atoms with Crippen LogP contribution in [0.3, 0.4) is 0 Å². The molecule has 0 aliphatic heterocycles. The van der Waals surface area contributed by atoms with Gasteiger partial charge in [0.2, 0.25) is 5.91 Å². The normalized spacial score (nSPS) is 10.8. The van der Waals surface area contributed by atoms with Crippen LogP contribution in [0.5, 0.6) is 0 Å². The number of aromatic nitrogens is 2. The Hall–Kier alpha value is -1.96. The predicted octanol–water partition coefficient (Wildman–Crippen LogP) is 4.16. The maximum atomic E-state index is 12.7. The fourth-order valence-electron chi connectivity index (χ4n) is 2.18. The number of fused-ring (bicyclic) bond motifs is 1. The number of thioether (sulfide) groups is 1. The molecule has 0 atom stereocenters. The molecule has 0 aliphatic carbocycles. The minimum atomic E-state index is -0.193. The first-order chi connectivity index (χ1) is 12.0. The van der Waals surface area contributed by atoms with Crippen molar-refractivity contribution in [2.45, 2.75) is 13.5 Å². The van der Waals surface area contributed by atoms with Crippen molar-refractivity contribution in [2.24, 2.45) is 0 Å². The van der Waals surface area contributed by atoms with Crippen molar-refractivity contribution in [3.05, 3.63) is 53.3 Å². The van der Waals surface area contributed by atoms with Crippen LogP contribution >= 0.6 is 34.7 Å². The number of para-hydroxylation sites is 1. The molecule has 128 valence electrons. The Labute approximate surface area is 158 Å². The summed E-state index contributed by atoms with van der Waals surface area (Å²) in [5, 5.41) is 0.990. The summed E-state index contributed by atoms with van der Waals surface area (Å²) in [7, 11) is 0. The zero-order valence-electron chi connectivity index (χ0n) is 13.3. The van der Waals surface area contributed by atoms with Crippen LogP contribution in [0, 0.1) is 0 Å². The van der Waals surface area contributed by atoms with Gasteiger partial charge in [-0.25, -0.2) is 4.98 Å². The number of benzene rings is 1. The van der Waals surface area contributed by atoms with E-state index in [4.69, 9.17) is 11.6 Å². The zero-order valence-corrected chi connectivity index (χ0v) is 15.7. The molecule has 2 heterocycles. The van der Waals surface area contributed by atoms with E-state index in [0.29, 0.717) is 15.7 Å². The summed E-state index contributed by atoms with van der Waals surface area (Å²) in [4.78, 5) is 34.2. The topological polar surface area (TPSA) is 63.2 Å². The molecule has 1 aromatic carbocycles. The van der Waals surface area contributed by atoms with Crippen LogP contribution in [0.4, 0.5) is 5.13 Å². The van der Waals surface area contributed by atoms with E-state index in [-0.39, 0.29) is 23.3 Å². The summed E-state index contributed by atoms with van der Waals surface area (Å²) >= 11 is 8.57. The molecule has 2 aromatic heterocycles. The second kappa shape index (κ2) is 7.95. The third-order valence-corrected chi connectivity index (χ3v) is 5.48. The molecule has 0 aliphatic rings. The number of amides is 1. The van der Waals surface area contributed by atoms with Gasteiger partial charge in [0.25, 0.3) is 0 Å². The maximum absolute atomic E-state index is 12.7. The van der Waals surface area contributed by atoms with Gasteiger partial charge < -0.3 is 0 Å². The number of anilines is 1. The van der Waals surface area contributed by atoms with E-state index in [1.807, 2.05) is 30.3 Å². The molecule has 3 aromatic rings. The number of halogens is 1. The number of nitrogens with zero attached hydrogens (tertiary/aromatic N) is 3. The average Bonchev–Trinajstić information content (AvgIpc) is 3.04. The molecule has 25 heavy (non-hydrogen) atoms. The van der Waals surface area contributed by atoms with E-state index >= 15 is 0 Å². The Morgan fingerprint density at radius 3 is 2.76 bits per heavy atom. The van der Waals surface area contributed by atoms with Crippen molar-refractivity contribution in [1.29, 1.82) is 0 Å². The molecule has 0 fully saturated rings. The van der Waals surface area contributed by atoms with Gasteiger partial charge in [0.15, 0.2) is 10.2 Å². The third-order valence-electron chi connectivity index (χ3n) is 3.34. The molecule has 0 unspecified atom stereocenters. The van der Waals surface area contributed by atoms with Crippen molar-refractivity contribution < 1.29 is 9.59 Å². The largest absolute Gasteiger partial charge is 0.288 e. The lowest BCUT2D eigenvalue weighted by molar-refractivity contribution is -0.116. The highest BCUT2D eigenvalue weighted by atomic mass is 35.5. The molecule has 1 amide bonds. The van der Waals surface area contributed by atoms with Gasteiger partial charge in [0, 0.05) is 13.1 Å². The van der Waals surface area contributed by atoms with E-state index in [2.05, 4.69) is 9.97 Å². The molecule has 8 heteroatoms. The lowest BCUT2D eigenvalue weighted by Gasteiger charge is -2.19. The van der Waals surface area contributed by atoms with Gasteiger partial charge in [-0.05, 0) is 24.3 Å². The fraction of sp³-hybridized carbons (Fsp3) is 0.176. The second-order valence-corrected chi connectivity index (χ2v) is 7.73. The Bertz CT molecular complexity index is 915. The number of carbonyl (C=O) groups excluding carboxylic acids is 2.